The number of rotatable bonds is 3. The van der Waals surface area contributed by atoms with Crippen molar-refractivity contribution < 1.29 is 9.53 Å². The highest BCUT2D eigenvalue weighted by atomic mass is 79.9. The molecule has 0 atom stereocenters. The fourth-order valence-corrected chi connectivity index (χ4v) is 4.96. The number of ether oxygens (including phenoxy) is 1. The first-order chi connectivity index (χ1) is 12.5. The number of carbonyl (C=O) groups is 1. The Morgan fingerprint density at radius 1 is 1.42 bits per heavy atom. The summed E-state index contributed by atoms with van der Waals surface area (Å²) in [7, 11) is 1.33. The number of thiophene rings is 1. The van der Waals surface area contributed by atoms with Crippen LogP contribution in [-0.2, 0) is 24.2 Å². The number of hydrogen-bond donors (Lipinski definition) is 1. The summed E-state index contributed by atoms with van der Waals surface area (Å²) in [5, 5.41) is 0.462. The quantitative estimate of drug-likeness (QED) is 0.642. The largest absolute Gasteiger partial charge is 0.465 e. The van der Waals surface area contributed by atoms with Crippen molar-refractivity contribution in [1.29, 1.82) is 0 Å². The molecule has 2 aromatic heterocycles. The summed E-state index contributed by atoms with van der Waals surface area (Å²) >= 11 is 5.32. The molecule has 1 N–H and O–H groups in total. The second-order valence-electron chi connectivity index (χ2n) is 6.20. The van der Waals surface area contributed by atoms with Crippen molar-refractivity contribution in [2.75, 3.05) is 13.7 Å². The molecule has 0 aliphatic carbocycles. The second kappa shape index (κ2) is 6.94. The minimum absolute atomic E-state index is 0.197. The van der Waals surface area contributed by atoms with E-state index >= 15 is 0 Å². The summed E-state index contributed by atoms with van der Waals surface area (Å²) in [5.41, 5.74) is 2.01. The van der Waals surface area contributed by atoms with Crippen molar-refractivity contribution in [3.63, 3.8) is 0 Å². The van der Waals surface area contributed by atoms with Crippen LogP contribution in [0.1, 0.15) is 26.6 Å². The third-order valence-electron chi connectivity index (χ3n) is 4.47. The van der Waals surface area contributed by atoms with Gasteiger partial charge in [-0.1, -0.05) is 0 Å². The molecule has 0 spiro atoms. The number of nitrogens with zero attached hydrogens (tertiary/aromatic N) is 2. The fourth-order valence-electron chi connectivity index (χ4n) is 3.21. The Labute approximate surface area is 161 Å². The van der Waals surface area contributed by atoms with E-state index in [1.165, 1.54) is 17.6 Å². The summed E-state index contributed by atoms with van der Waals surface area (Å²) < 4.78 is 5.89. The molecule has 4 rings (SSSR count). The summed E-state index contributed by atoms with van der Waals surface area (Å²) in [5.74, 6) is 0.157. The van der Waals surface area contributed by atoms with E-state index in [0.717, 1.165) is 23.3 Å². The number of H-pyrrole nitrogens is 1. The molecule has 0 amide bonds. The lowest BCUT2D eigenvalue weighted by Gasteiger charge is -2.26. The molecule has 0 radical (unpaired) electrons. The van der Waals surface area contributed by atoms with Crippen molar-refractivity contribution in [3.8, 4) is 0 Å². The Hall–Kier alpha value is -2.03. The van der Waals surface area contributed by atoms with Crippen LogP contribution in [0.4, 0.5) is 0 Å². The molecule has 0 saturated carbocycles. The van der Waals surface area contributed by atoms with Gasteiger partial charge in [-0.15, -0.1) is 11.3 Å². The van der Waals surface area contributed by atoms with E-state index in [2.05, 4.69) is 36.9 Å². The molecule has 3 heterocycles. The first kappa shape index (κ1) is 17.4. The number of methoxy groups -OCH3 is 1. The van der Waals surface area contributed by atoms with Crippen LogP contribution >= 0.6 is 27.3 Å². The average Bonchev–Trinajstić information content (AvgIpc) is 3.00. The van der Waals surface area contributed by atoms with Gasteiger partial charge in [-0.2, -0.15) is 0 Å². The lowest BCUT2D eigenvalue weighted by atomic mass is 10.1. The number of aromatic amines is 1. The fraction of sp³-hybridized carbons (Fsp3) is 0.278. The van der Waals surface area contributed by atoms with Gasteiger partial charge in [0, 0.05) is 18.0 Å². The van der Waals surface area contributed by atoms with E-state index in [4.69, 9.17) is 4.74 Å². The Morgan fingerprint density at radius 3 is 3.08 bits per heavy atom. The lowest BCUT2D eigenvalue weighted by molar-refractivity contribution is 0.0601. The van der Waals surface area contributed by atoms with Crippen LogP contribution in [0, 0.1) is 0 Å². The number of aromatic nitrogens is 2. The van der Waals surface area contributed by atoms with E-state index in [1.54, 1.807) is 29.5 Å². The summed E-state index contributed by atoms with van der Waals surface area (Å²) in [6.45, 7) is 2.31. The van der Waals surface area contributed by atoms with E-state index < -0.39 is 5.97 Å². The Bertz CT molecular complexity index is 1060. The Balaban J connectivity index is 1.62. The zero-order valence-electron chi connectivity index (χ0n) is 14.0. The predicted molar refractivity (Wildman–Crippen MR) is 104 cm³/mol. The number of halogens is 1. The van der Waals surface area contributed by atoms with Crippen LogP contribution in [0.25, 0.3) is 10.9 Å². The van der Waals surface area contributed by atoms with Gasteiger partial charge in [-0.3, -0.25) is 9.69 Å². The molecule has 8 heteroatoms. The highest BCUT2D eigenvalue weighted by molar-refractivity contribution is 9.11. The van der Waals surface area contributed by atoms with Gasteiger partial charge in [0.15, 0.2) is 0 Å². The molecule has 1 aliphatic heterocycles. The standard InChI is InChI=1S/C18H16BrN3O3S/c1-25-18(24)10-2-3-12-13(6-10)20-16(21-17(12)23)9-22-5-4-14-11(8-22)7-15(19)26-14/h2-3,6-7H,4-5,8-9H2,1H3,(H,20,21,23). The van der Waals surface area contributed by atoms with Gasteiger partial charge in [-0.25, -0.2) is 9.78 Å². The minimum atomic E-state index is -0.442. The maximum absolute atomic E-state index is 12.4. The predicted octanol–water partition coefficient (Wildman–Crippen LogP) is 3.09. The van der Waals surface area contributed by atoms with Crippen molar-refractivity contribution in [1.82, 2.24) is 14.9 Å². The number of carbonyl (C=O) groups excluding carboxylic acids is 1. The van der Waals surface area contributed by atoms with Crippen molar-refractivity contribution in [3.05, 3.63) is 60.2 Å². The summed E-state index contributed by atoms with van der Waals surface area (Å²) in [6, 6.07) is 6.94. The number of hydrogen-bond acceptors (Lipinski definition) is 6. The van der Waals surface area contributed by atoms with Gasteiger partial charge in [0.25, 0.3) is 5.56 Å². The lowest BCUT2D eigenvalue weighted by Crippen LogP contribution is -2.30. The third-order valence-corrected chi connectivity index (χ3v) is 6.21. The van der Waals surface area contributed by atoms with Gasteiger partial charge in [0.1, 0.15) is 5.82 Å². The molecule has 0 bridgehead atoms. The zero-order valence-corrected chi connectivity index (χ0v) is 16.4. The SMILES string of the molecule is COC(=O)c1ccc2c(=O)[nH]c(CN3CCc4sc(Br)cc4C3)nc2c1. The van der Waals surface area contributed by atoms with Crippen LogP contribution in [0.2, 0.25) is 0 Å². The van der Waals surface area contributed by atoms with Gasteiger partial charge in [-0.05, 0) is 52.2 Å². The Kier molecular flexibility index (Phi) is 4.64. The molecule has 6 nitrogen and oxygen atoms in total. The topological polar surface area (TPSA) is 75.3 Å². The highest BCUT2D eigenvalue weighted by Crippen LogP contribution is 2.31. The maximum Gasteiger partial charge on any atom is 0.337 e. The van der Waals surface area contributed by atoms with Crippen LogP contribution in [0.15, 0.2) is 32.8 Å². The van der Waals surface area contributed by atoms with E-state index in [0.29, 0.717) is 28.8 Å². The molecule has 0 fully saturated rings. The molecular formula is C18H16BrN3O3S. The molecule has 0 unspecified atom stereocenters. The van der Waals surface area contributed by atoms with Gasteiger partial charge in [0.2, 0.25) is 0 Å². The average molecular weight is 434 g/mol. The first-order valence-corrected chi connectivity index (χ1v) is 9.75. The van der Waals surface area contributed by atoms with Crippen LogP contribution in [0.3, 0.4) is 0 Å². The van der Waals surface area contributed by atoms with Crippen molar-refractivity contribution >= 4 is 44.1 Å². The Morgan fingerprint density at radius 2 is 2.27 bits per heavy atom. The first-order valence-electron chi connectivity index (χ1n) is 8.14. The van der Waals surface area contributed by atoms with E-state index in [1.807, 2.05) is 0 Å². The van der Waals surface area contributed by atoms with Crippen LogP contribution in [0.5, 0.6) is 0 Å². The summed E-state index contributed by atoms with van der Waals surface area (Å²) in [6.07, 6.45) is 0.996. The molecule has 134 valence electrons. The number of benzene rings is 1. The third kappa shape index (κ3) is 3.32. The minimum Gasteiger partial charge on any atom is -0.465 e. The van der Waals surface area contributed by atoms with Crippen molar-refractivity contribution in [2.24, 2.45) is 0 Å². The van der Waals surface area contributed by atoms with E-state index in [9.17, 15) is 9.59 Å². The van der Waals surface area contributed by atoms with Gasteiger partial charge in [0.05, 0.1) is 33.9 Å². The summed E-state index contributed by atoms with van der Waals surface area (Å²) in [4.78, 5) is 35.2. The molecular weight excluding hydrogens is 418 g/mol. The second-order valence-corrected chi connectivity index (χ2v) is 8.71. The normalized spacial score (nSPS) is 14.4. The molecule has 26 heavy (non-hydrogen) atoms. The monoisotopic (exact) mass is 433 g/mol. The van der Waals surface area contributed by atoms with Crippen LogP contribution in [-0.4, -0.2) is 34.5 Å². The zero-order chi connectivity index (χ0) is 18.3. The van der Waals surface area contributed by atoms with Gasteiger partial charge < -0.3 is 9.72 Å². The number of fused-ring (bicyclic) bond motifs is 2. The molecule has 1 aromatic carbocycles. The molecule has 3 aromatic rings. The highest BCUT2D eigenvalue weighted by Gasteiger charge is 2.20. The number of nitrogens with one attached hydrogen (secondary N) is 1. The molecule has 1 aliphatic rings. The number of esters is 1. The van der Waals surface area contributed by atoms with Crippen molar-refractivity contribution in [2.45, 2.75) is 19.5 Å². The van der Waals surface area contributed by atoms with E-state index in [-0.39, 0.29) is 5.56 Å². The molecule has 0 saturated heterocycles. The van der Waals surface area contributed by atoms with Gasteiger partial charge >= 0.3 is 5.97 Å². The maximum atomic E-state index is 12.4. The van der Waals surface area contributed by atoms with Crippen LogP contribution < -0.4 is 5.56 Å². The smallest absolute Gasteiger partial charge is 0.337 e.